The second-order valence-corrected chi connectivity index (χ2v) is 7.90. The van der Waals surface area contributed by atoms with Crippen molar-refractivity contribution in [2.75, 3.05) is 0 Å². The van der Waals surface area contributed by atoms with Crippen LogP contribution in [0.15, 0.2) is 66.1 Å². The summed E-state index contributed by atoms with van der Waals surface area (Å²) < 4.78 is 7.61. The van der Waals surface area contributed by atoms with Gasteiger partial charge in [0.05, 0.1) is 28.4 Å². The van der Waals surface area contributed by atoms with Crippen molar-refractivity contribution in [1.29, 1.82) is 5.26 Å². The van der Waals surface area contributed by atoms with Gasteiger partial charge in [-0.1, -0.05) is 41.4 Å². The van der Waals surface area contributed by atoms with Crippen LogP contribution in [0.3, 0.4) is 0 Å². The number of aryl methyl sites for hydroxylation is 2. The van der Waals surface area contributed by atoms with Crippen LogP contribution in [0.25, 0.3) is 16.6 Å². The van der Waals surface area contributed by atoms with Crippen molar-refractivity contribution in [1.82, 2.24) is 14.8 Å². The summed E-state index contributed by atoms with van der Waals surface area (Å²) in [7, 11) is 0. The summed E-state index contributed by atoms with van der Waals surface area (Å²) >= 11 is 6.64. The average Bonchev–Trinajstić information content (AvgIpc) is 3.09. The Kier molecular flexibility index (Phi) is 4.42. The number of ether oxygens (including phenoxy) is 1. The number of hydrogen-bond donors (Lipinski definition) is 1. The molecule has 152 valence electrons. The number of hydrogen-bond acceptors (Lipinski definition) is 5. The van der Waals surface area contributed by atoms with Gasteiger partial charge in [-0.3, -0.25) is 0 Å². The van der Waals surface area contributed by atoms with E-state index >= 15 is 0 Å². The number of pyridine rings is 1. The van der Waals surface area contributed by atoms with E-state index in [1.807, 2.05) is 68.4 Å². The lowest BCUT2D eigenvalue weighted by molar-refractivity contribution is 0.367. The second-order valence-electron chi connectivity index (χ2n) is 7.54. The van der Waals surface area contributed by atoms with Crippen molar-refractivity contribution in [3.05, 3.63) is 93.6 Å². The third kappa shape index (κ3) is 3.02. The molecule has 0 amide bonds. The minimum atomic E-state index is -0.531. The van der Waals surface area contributed by atoms with E-state index in [9.17, 15) is 5.26 Å². The van der Waals surface area contributed by atoms with Crippen molar-refractivity contribution in [3.63, 3.8) is 0 Å². The first-order valence-electron chi connectivity index (χ1n) is 9.77. The van der Waals surface area contributed by atoms with Gasteiger partial charge in [-0.15, -0.1) is 0 Å². The molecule has 1 unspecified atom stereocenters. The number of para-hydroxylation sites is 1. The Hall–Kier alpha value is -3.82. The molecule has 2 aromatic carbocycles. The Morgan fingerprint density at radius 3 is 2.65 bits per heavy atom. The van der Waals surface area contributed by atoms with Gasteiger partial charge >= 0.3 is 0 Å². The fourth-order valence-electron chi connectivity index (χ4n) is 4.06. The van der Waals surface area contributed by atoms with E-state index in [-0.39, 0.29) is 5.88 Å². The molecule has 0 aliphatic carbocycles. The molecule has 2 aromatic heterocycles. The van der Waals surface area contributed by atoms with Crippen LogP contribution in [-0.2, 0) is 0 Å². The molecule has 0 saturated carbocycles. The minimum absolute atomic E-state index is 0.0393. The molecule has 6 nitrogen and oxygen atoms in total. The third-order valence-electron chi connectivity index (χ3n) is 5.50. The molecule has 0 fully saturated rings. The number of nitrogens with two attached hydrogens (primary N) is 1. The van der Waals surface area contributed by atoms with Crippen LogP contribution in [0.5, 0.6) is 5.88 Å². The molecule has 3 heterocycles. The molecule has 0 saturated heterocycles. The quantitative estimate of drug-likeness (QED) is 0.459. The molecule has 1 aliphatic rings. The normalized spacial score (nSPS) is 15.5. The molecule has 1 atom stereocenters. The topological polar surface area (TPSA) is 89.8 Å². The van der Waals surface area contributed by atoms with Gasteiger partial charge < -0.3 is 10.5 Å². The summed E-state index contributed by atoms with van der Waals surface area (Å²) in [4.78, 5) is 4.58. The first kappa shape index (κ1) is 19.2. The van der Waals surface area contributed by atoms with Crippen molar-refractivity contribution in [2.45, 2.75) is 19.8 Å². The van der Waals surface area contributed by atoms with Gasteiger partial charge in [0.15, 0.2) is 0 Å². The molecule has 31 heavy (non-hydrogen) atoms. The highest BCUT2D eigenvalue weighted by Crippen LogP contribution is 2.46. The van der Waals surface area contributed by atoms with Crippen LogP contribution < -0.4 is 10.5 Å². The predicted octanol–water partition coefficient (Wildman–Crippen LogP) is 4.91. The molecule has 5 rings (SSSR count). The molecule has 2 N–H and O–H groups in total. The Labute approximate surface area is 184 Å². The Morgan fingerprint density at radius 2 is 1.90 bits per heavy atom. The largest absolute Gasteiger partial charge is 0.422 e. The number of fused-ring (bicyclic) bond motifs is 2. The van der Waals surface area contributed by atoms with E-state index in [4.69, 9.17) is 22.1 Å². The number of allylic oxidation sites excluding steroid dienone is 1. The number of halogens is 1. The van der Waals surface area contributed by atoms with Crippen LogP contribution in [0.4, 0.5) is 0 Å². The number of nitriles is 1. The molecule has 0 bridgehead atoms. The SMILES string of the molecule is Cc1ccc2nc(Cl)c(C3C(C#N)=C(N)Oc4c3c(C)nn4-c3ccccc3)cc2c1. The zero-order valence-corrected chi connectivity index (χ0v) is 17.7. The maximum atomic E-state index is 9.92. The lowest BCUT2D eigenvalue weighted by atomic mass is 9.84. The first-order chi connectivity index (χ1) is 15.0. The average molecular weight is 428 g/mol. The first-order valence-corrected chi connectivity index (χ1v) is 10.1. The van der Waals surface area contributed by atoms with Crippen molar-refractivity contribution in [3.8, 4) is 17.6 Å². The number of rotatable bonds is 2. The third-order valence-corrected chi connectivity index (χ3v) is 5.80. The lowest BCUT2D eigenvalue weighted by Crippen LogP contribution is -2.22. The molecular formula is C24H18ClN5O. The standard InChI is InChI=1S/C24H18ClN5O/c1-13-8-9-19-15(10-13)11-17(22(25)28-19)21-18(12-26)23(27)31-24-20(21)14(2)29-30(24)16-6-4-3-5-7-16/h3-11,21H,27H2,1-2H3. The highest BCUT2D eigenvalue weighted by Gasteiger charge is 2.37. The van der Waals surface area contributed by atoms with Gasteiger partial charge in [-0.2, -0.15) is 10.4 Å². The highest BCUT2D eigenvalue weighted by molar-refractivity contribution is 6.30. The van der Waals surface area contributed by atoms with E-state index in [2.05, 4.69) is 16.2 Å². The summed E-state index contributed by atoms with van der Waals surface area (Å²) in [6, 6.07) is 19.8. The van der Waals surface area contributed by atoms with Crippen LogP contribution in [-0.4, -0.2) is 14.8 Å². The smallest absolute Gasteiger partial charge is 0.229 e. The van der Waals surface area contributed by atoms with Crippen LogP contribution >= 0.6 is 11.6 Å². The predicted molar refractivity (Wildman–Crippen MR) is 119 cm³/mol. The Bertz CT molecular complexity index is 1420. The van der Waals surface area contributed by atoms with E-state index in [1.165, 1.54) is 0 Å². The van der Waals surface area contributed by atoms with Crippen molar-refractivity contribution >= 4 is 22.5 Å². The van der Waals surface area contributed by atoms with Gasteiger partial charge in [-0.05, 0) is 44.2 Å². The zero-order valence-electron chi connectivity index (χ0n) is 16.9. The van der Waals surface area contributed by atoms with Gasteiger partial charge in [0.25, 0.3) is 0 Å². The van der Waals surface area contributed by atoms with E-state index in [1.54, 1.807) is 4.68 Å². The molecular weight excluding hydrogens is 410 g/mol. The number of nitrogens with zero attached hydrogens (tertiary/aromatic N) is 4. The maximum absolute atomic E-state index is 9.92. The van der Waals surface area contributed by atoms with Crippen molar-refractivity contribution in [2.24, 2.45) is 5.73 Å². The molecule has 4 aromatic rings. The fraction of sp³-hybridized carbons (Fsp3) is 0.125. The second kappa shape index (κ2) is 7.15. The molecule has 7 heteroatoms. The highest BCUT2D eigenvalue weighted by atomic mass is 35.5. The fourth-order valence-corrected chi connectivity index (χ4v) is 4.32. The molecule has 0 radical (unpaired) electrons. The number of aromatic nitrogens is 3. The maximum Gasteiger partial charge on any atom is 0.229 e. The van der Waals surface area contributed by atoms with Crippen LogP contribution in [0, 0.1) is 25.2 Å². The Balaban J connectivity index is 1.79. The van der Waals surface area contributed by atoms with Gasteiger partial charge in [0, 0.05) is 10.9 Å². The van der Waals surface area contributed by atoms with Crippen LogP contribution in [0.1, 0.15) is 28.3 Å². The molecule has 1 aliphatic heterocycles. The van der Waals surface area contributed by atoms with Gasteiger partial charge in [-0.25, -0.2) is 9.67 Å². The van der Waals surface area contributed by atoms with Gasteiger partial charge in [0.2, 0.25) is 11.8 Å². The summed E-state index contributed by atoms with van der Waals surface area (Å²) in [6.45, 7) is 3.91. The van der Waals surface area contributed by atoms with Crippen LogP contribution in [0.2, 0.25) is 5.15 Å². The van der Waals surface area contributed by atoms with Crippen molar-refractivity contribution < 1.29 is 4.74 Å². The van der Waals surface area contributed by atoms with E-state index in [0.717, 1.165) is 33.4 Å². The summed E-state index contributed by atoms with van der Waals surface area (Å²) in [5.74, 6) is -0.0146. The molecule has 0 spiro atoms. The summed E-state index contributed by atoms with van der Waals surface area (Å²) in [6.07, 6.45) is 0. The Morgan fingerprint density at radius 1 is 1.13 bits per heavy atom. The summed E-state index contributed by atoms with van der Waals surface area (Å²) in [5.41, 5.74) is 11.4. The lowest BCUT2D eigenvalue weighted by Gasteiger charge is -2.25. The zero-order chi connectivity index (χ0) is 21.7. The monoisotopic (exact) mass is 427 g/mol. The summed E-state index contributed by atoms with van der Waals surface area (Å²) in [5, 5.41) is 15.9. The van der Waals surface area contributed by atoms with Gasteiger partial charge in [0.1, 0.15) is 16.8 Å². The minimum Gasteiger partial charge on any atom is -0.422 e. The van der Waals surface area contributed by atoms with E-state index < -0.39 is 5.92 Å². The number of benzene rings is 2. The van der Waals surface area contributed by atoms with E-state index in [0.29, 0.717) is 22.2 Å².